The van der Waals surface area contributed by atoms with Gasteiger partial charge in [-0.1, -0.05) is 0 Å². The van der Waals surface area contributed by atoms with Crippen molar-refractivity contribution in [3.8, 4) is 0 Å². The van der Waals surface area contributed by atoms with E-state index in [0.717, 1.165) is 16.9 Å². The molecular weight excluding hydrogens is 159 g/mol. The molecule has 0 spiro atoms. The molecule has 0 fully saturated rings. The predicted molar refractivity (Wildman–Crippen MR) is 38.6 cm³/mol. The van der Waals surface area contributed by atoms with E-state index in [1.54, 1.807) is 0 Å². The molecule has 0 amide bonds. The van der Waals surface area contributed by atoms with Crippen LogP contribution >= 0.6 is 11.6 Å². The lowest BCUT2D eigenvalue weighted by atomic mass is 10.6. The van der Waals surface area contributed by atoms with Crippen molar-refractivity contribution >= 4 is 11.6 Å². The number of rotatable bonds is 2. The molecule has 0 aromatic rings. The van der Waals surface area contributed by atoms with Crippen LogP contribution in [0, 0.1) is 0 Å². The molecule has 0 radical (unpaired) electrons. The maximum absolute atomic E-state index is 5.47. The van der Waals surface area contributed by atoms with Crippen molar-refractivity contribution in [3.63, 3.8) is 0 Å². The number of alkyl halides is 1. The molecule has 0 aromatic heterocycles. The minimum atomic E-state index is 0. The van der Waals surface area contributed by atoms with Crippen molar-refractivity contribution in [2.45, 2.75) is 0 Å². The Morgan fingerprint density at radius 3 is 1.56 bits per heavy atom. The highest BCUT2D eigenvalue weighted by Gasteiger charge is 2.02. The van der Waals surface area contributed by atoms with Crippen molar-refractivity contribution in [1.29, 1.82) is 0 Å². The first-order valence-electron chi connectivity index (χ1n) is 2.43. The van der Waals surface area contributed by atoms with Crippen LogP contribution in [-0.2, 0) is 0 Å². The molecule has 4 heteroatoms. The predicted octanol–water partition coefficient (Wildman–Crippen LogP) is -1.90. The summed E-state index contributed by atoms with van der Waals surface area (Å²) in [5.41, 5.74) is 0. The Hall–Kier alpha value is 0.500. The Kier molecular flexibility index (Phi) is 11.9. The molecular formula is C5H16Cl2N2. The summed E-state index contributed by atoms with van der Waals surface area (Å²) in [5, 5.41) is 0. The van der Waals surface area contributed by atoms with Gasteiger partial charge in [-0.15, -0.1) is 11.6 Å². The normalized spacial score (nSPS) is 9.33. The Labute approximate surface area is 68.8 Å². The van der Waals surface area contributed by atoms with E-state index < -0.39 is 0 Å². The summed E-state index contributed by atoms with van der Waals surface area (Å²) in [6, 6.07) is 0. The molecule has 0 aliphatic rings. The van der Waals surface area contributed by atoms with Crippen LogP contribution in [0.25, 0.3) is 0 Å². The van der Waals surface area contributed by atoms with Gasteiger partial charge in [0, 0.05) is 0 Å². The summed E-state index contributed by atoms with van der Waals surface area (Å²) in [5.74, 6) is 0.753. The minimum absolute atomic E-state index is 0. The number of hydrogen-bond acceptors (Lipinski definition) is 1. The zero-order valence-electron chi connectivity index (χ0n) is 6.32. The molecule has 0 atom stereocenters. The van der Waals surface area contributed by atoms with Gasteiger partial charge in [-0.25, -0.2) is 0 Å². The highest BCUT2D eigenvalue weighted by molar-refractivity contribution is 6.17. The lowest BCUT2D eigenvalue weighted by molar-refractivity contribution is -0.867. The van der Waals surface area contributed by atoms with Gasteiger partial charge in [-0.3, -0.25) is 0 Å². The molecule has 0 aliphatic heterocycles. The molecule has 0 rings (SSSR count). The van der Waals surface area contributed by atoms with Crippen LogP contribution in [0.2, 0.25) is 0 Å². The highest BCUT2D eigenvalue weighted by atomic mass is 35.5. The summed E-state index contributed by atoms with van der Waals surface area (Å²) < 4.78 is 0.962. The SMILES string of the molecule is C[N+](C)(C)CCCl.N.[Cl-]. The zero-order chi connectivity index (χ0) is 5.91. The quantitative estimate of drug-likeness (QED) is 0.386. The topological polar surface area (TPSA) is 35.0 Å². The van der Waals surface area contributed by atoms with Gasteiger partial charge in [0.1, 0.15) is 0 Å². The van der Waals surface area contributed by atoms with E-state index in [1.165, 1.54) is 0 Å². The van der Waals surface area contributed by atoms with E-state index in [9.17, 15) is 0 Å². The second kappa shape index (κ2) is 6.62. The minimum Gasteiger partial charge on any atom is -1.00 e. The molecule has 2 nitrogen and oxygen atoms in total. The average Bonchev–Trinajstić information content (AvgIpc) is 1.30. The van der Waals surface area contributed by atoms with E-state index in [2.05, 4.69) is 21.1 Å². The van der Waals surface area contributed by atoms with Crippen LogP contribution in [0.5, 0.6) is 0 Å². The van der Waals surface area contributed by atoms with E-state index in [4.69, 9.17) is 11.6 Å². The largest absolute Gasteiger partial charge is 1.00 e. The third kappa shape index (κ3) is 17.7. The molecule has 0 saturated carbocycles. The molecule has 0 unspecified atom stereocenters. The Bertz CT molecular complexity index is 51.4. The number of nitrogens with zero attached hydrogens (tertiary/aromatic N) is 1. The first-order valence-corrected chi connectivity index (χ1v) is 2.96. The van der Waals surface area contributed by atoms with Crippen LogP contribution in [-0.4, -0.2) is 38.1 Å². The Morgan fingerprint density at radius 2 is 1.56 bits per heavy atom. The monoisotopic (exact) mass is 174 g/mol. The van der Waals surface area contributed by atoms with Gasteiger partial charge < -0.3 is 23.0 Å². The van der Waals surface area contributed by atoms with Gasteiger partial charge in [0.15, 0.2) is 0 Å². The molecule has 3 N–H and O–H groups in total. The second-order valence-corrected chi connectivity index (χ2v) is 3.08. The number of hydrogen-bond donors (Lipinski definition) is 1. The second-order valence-electron chi connectivity index (χ2n) is 2.70. The third-order valence-corrected chi connectivity index (χ3v) is 0.924. The first kappa shape index (κ1) is 16.2. The molecule has 60 valence electrons. The van der Waals surface area contributed by atoms with E-state index in [0.29, 0.717) is 0 Å². The summed E-state index contributed by atoms with van der Waals surface area (Å²) in [6.45, 7) is 1.04. The van der Waals surface area contributed by atoms with E-state index in [1.807, 2.05) is 0 Å². The fourth-order valence-electron chi connectivity index (χ4n) is 0.254. The molecule has 0 aliphatic carbocycles. The maximum Gasteiger partial charge on any atom is 0.0918 e. The van der Waals surface area contributed by atoms with Gasteiger partial charge in [0.05, 0.1) is 33.6 Å². The summed E-state index contributed by atoms with van der Waals surface area (Å²) in [6.07, 6.45) is 0. The van der Waals surface area contributed by atoms with Gasteiger partial charge >= 0.3 is 0 Å². The van der Waals surface area contributed by atoms with Gasteiger partial charge in [0.25, 0.3) is 0 Å². The average molecular weight is 175 g/mol. The summed E-state index contributed by atoms with van der Waals surface area (Å²) >= 11 is 5.47. The van der Waals surface area contributed by atoms with Crippen molar-refractivity contribution in [3.05, 3.63) is 0 Å². The van der Waals surface area contributed by atoms with Gasteiger partial charge in [-0.2, -0.15) is 0 Å². The lowest BCUT2D eigenvalue weighted by Crippen LogP contribution is -3.00. The van der Waals surface area contributed by atoms with Gasteiger partial charge in [0.2, 0.25) is 0 Å². The van der Waals surface area contributed by atoms with Crippen molar-refractivity contribution in [1.82, 2.24) is 6.15 Å². The number of halogens is 2. The maximum atomic E-state index is 5.47. The third-order valence-electron chi connectivity index (χ3n) is 0.755. The standard InChI is InChI=1S/C5H13ClN.ClH.H3N/c1-7(2,3)5-4-6;;/h4-5H2,1-3H3;1H;1H3/q+1;;/p-1. The first-order chi connectivity index (χ1) is 3.06. The zero-order valence-corrected chi connectivity index (χ0v) is 7.84. The molecule has 0 bridgehead atoms. The van der Waals surface area contributed by atoms with Gasteiger partial charge in [-0.05, 0) is 0 Å². The highest BCUT2D eigenvalue weighted by Crippen LogP contribution is 1.88. The molecule has 0 heterocycles. The van der Waals surface area contributed by atoms with Crippen LogP contribution in [0.1, 0.15) is 0 Å². The van der Waals surface area contributed by atoms with Crippen molar-refractivity contribution < 1.29 is 16.9 Å². The van der Waals surface area contributed by atoms with Crippen LogP contribution in [0.4, 0.5) is 0 Å². The molecule has 9 heavy (non-hydrogen) atoms. The summed E-state index contributed by atoms with van der Waals surface area (Å²) in [7, 11) is 6.38. The van der Waals surface area contributed by atoms with Crippen LogP contribution in [0.15, 0.2) is 0 Å². The fourth-order valence-corrected chi connectivity index (χ4v) is 0.761. The smallest absolute Gasteiger partial charge is 0.0918 e. The van der Waals surface area contributed by atoms with Crippen LogP contribution in [0.3, 0.4) is 0 Å². The molecule has 0 aromatic carbocycles. The number of quaternary nitrogens is 1. The van der Waals surface area contributed by atoms with Crippen molar-refractivity contribution in [2.75, 3.05) is 33.6 Å². The van der Waals surface area contributed by atoms with E-state index in [-0.39, 0.29) is 18.6 Å². The summed E-state index contributed by atoms with van der Waals surface area (Å²) in [4.78, 5) is 0. The van der Waals surface area contributed by atoms with Crippen LogP contribution < -0.4 is 18.6 Å². The lowest BCUT2D eigenvalue weighted by Gasteiger charge is -2.21. The van der Waals surface area contributed by atoms with Crippen molar-refractivity contribution in [2.24, 2.45) is 0 Å². The Balaban J connectivity index is -0.000000180. The fraction of sp³-hybridized carbons (Fsp3) is 1.00. The Morgan fingerprint density at radius 1 is 1.22 bits per heavy atom. The van der Waals surface area contributed by atoms with E-state index >= 15 is 0 Å². The molecule has 0 saturated heterocycles.